The second kappa shape index (κ2) is 9.50. The van der Waals surface area contributed by atoms with Gasteiger partial charge in [-0.1, -0.05) is 13.8 Å². The quantitative estimate of drug-likeness (QED) is 0.403. The lowest BCUT2D eigenvalue weighted by Gasteiger charge is -2.17. The van der Waals surface area contributed by atoms with Gasteiger partial charge in [-0.25, -0.2) is 17.9 Å². The third-order valence-electron chi connectivity index (χ3n) is 5.06. The molecule has 31 heavy (non-hydrogen) atoms. The topological polar surface area (TPSA) is 140 Å². The average Bonchev–Trinajstić information content (AvgIpc) is 3.11. The molecule has 11 heteroatoms. The highest BCUT2D eigenvalue weighted by Gasteiger charge is 2.19. The van der Waals surface area contributed by atoms with Crippen LogP contribution in [0.15, 0.2) is 29.2 Å². The fourth-order valence-corrected chi connectivity index (χ4v) is 4.50. The van der Waals surface area contributed by atoms with Crippen LogP contribution in [0.5, 0.6) is 11.8 Å². The molecule has 0 bridgehead atoms. The van der Waals surface area contributed by atoms with E-state index in [0.29, 0.717) is 34.8 Å². The molecule has 0 aliphatic carbocycles. The summed E-state index contributed by atoms with van der Waals surface area (Å²) in [5.74, 6) is 0.157. The summed E-state index contributed by atoms with van der Waals surface area (Å²) in [5, 5.41) is 1.22. The summed E-state index contributed by atoms with van der Waals surface area (Å²) >= 11 is 0. The second-order valence-electron chi connectivity index (χ2n) is 6.92. The van der Waals surface area contributed by atoms with Crippen molar-refractivity contribution in [1.82, 2.24) is 19.6 Å². The number of nitrogens with one attached hydrogen (secondary N) is 2. The van der Waals surface area contributed by atoms with Crippen molar-refractivity contribution < 1.29 is 22.7 Å². The molecule has 0 unspecified atom stereocenters. The summed E-state index contributed by atoms with van der Waals surface area (Å²) in [6.45, 7) is 7.19. The minimum absolute atomic E-state index is 0.0445. The van der Waals surface area contributed by atoms with Gasteiger partial charge in [0, 0.05) is 28.9 Å². The van der Waals surface area contributed by atoms with Crippen molar-refractivity contribution in [3.05, 3.63) is 24.3 Å². The van der Waals surface area contributed by atoms with Gasteiger partial charge in [0.25, 0.3) is 5.88 Å². The number of nitrogens with two attached hydrogens (primary N) is 1. The van der Waals surface area contributed by atoms with Gasteiger partial charge in [0.15, 0.2) is 0 Å². The number of amides is 1. The molecule has 0 aliphatic rings. The molecule has 3 rings (SSSR count). The molecule has 4 N–H and O–H groups in total. The largest absolute Gasteiger partial charge is 0.481 e. The standard InChI is InChI=1S/C20H27N5O5S/c1-4-25(5-2)10-6-9-22-31(27,28)13-7-8-16-14(11-13)15-12-17(29-3)24-19(18(15)23-16)30-20(21)26/h7-8,11-12,22-23H,4-6,9-10H2,1-3H3,(H2,21,26). The number of hydrogen-bond acceptors (Lipinski definition) is 7. The normalized spacial score (nSPS) is 12.0. The van der Waals surface area contributed by atoms with Crippen molar-refractivity contribution in [3.8, 4) is 11.8 Å². The smallest absolute Gasteiger partial charge is 0.411 e. The highest BCUT2D eigenvalue weighted by Crippen LogP contribution is 2.34. The van der Waals surface area contributed by atoms with Crippen molar-refractivity contribution in [2.45, 2.75) is 25.2 Å². The van der Waals surface area contributed by atoms with Crippen LogP contribution in [0.1, 0.15) is 20.3 Å². The number of hydrogen-bond donors (Lipinski definition) is 3. The number of sulfonamides is 1. The van der Waals surface area contributed by atoms with Crippen LogP contribution in [0.2, 0.25) is 0 Å². The van der Waals surface area contributed by atoms with Gasteiger partial charge in [0.05, 0.1) is 12.0 Å². The van der Waals surface area contributed by atoms with Crippen LogP contribution >= 0.6 is 0 Å². The molecule has 10 nitrogen and oxygen atoms in total. The van der Waals surface area contributed by atoms with E-state index in [-0.39, 0.29) is 16.7 Å². The van der Waals surface area contributed by atoms with Crippen LogP contribution < -0.4 is 19.9 Å². The van der Waals surface area contributed by atoms with Crippen molar-refractivity contribution in [2.75, 3.05) is 33.3 Å². The first-order valence-electron chi connectivity index (χ1n) is 9.98. The fraction of sp³-hybridized carbons (Fsp3) is 0.400. The number of nitrogens with zero attached hydrogens (tertiary/aromatic N) is 2. The Balaban J connectivity index is 1.92. The van der Waals surface area contributed by atoms with Crippen LogP contribution in [0.25, 0.3) is 21.8 Å². The Labute approximate surface area is 180 Å². The maximum absolute atomic E-state index is 12.8. The molecule has 2 heterocycles. The Morgan fingerprint density at radius 3 is 2.61 bits per heavy atom. The number of aromatic nitrogens is 2. The molecule has 168 valence electrons. The minimum atomic E-state index is -3.69. The number of aromatic amines is 1. The molecule has 0 spiro atoms. The number of benzene rings is 1. The van der Waals surface area contributed by atoms with E-state index in [2.05, 4.69) is 33.4 Å². The maximum atomic E-state index is 12.8. The van der Waals surface area contributed by atoms with Crippen molar-refractivity contribution in [2.24, 2.45) is 5.73 Å². The lowest BCUT2D eigenvalue weighted by atomic mass is 10.2. The summed E-state index contributed by atoms with van der Waals surface area (Å²) < 4.78 is 38.4. The van der Waals surface area contributed by atoms with Gasteiger partial charge in [-0.3, -0.25) is 0 Å². The Hall–Kier alpha value is -2.89. The lowest BCUT2D eigenvalue weighted by Crippen LogP contribution is -2.30. The molecule has 1 aromatic carbocycles. The number of primary amides is 1. The first kappa shape index (κ1) is 22.8. The third kappa shape index (κ3) is 5.06. The highest BCUT2D eigenvalue weighted by atomic mass is 32.2. The predicted octanol–water partition coefficient (Wildman–Crippen LogP) is 2.19. The number of methoxy groups -OCH3 is 1. The van der Waals surface area contributed by atoms with Crippen LogP contribution in [-0.2, 0) is 10.0 Å². The highest BCUT2D eigenvalue weighted by molar-refractivity contribution is 7.89. The lowest BCUT2D eigenvalue weighted by molar-refractivity contribution is 0.209. The van der Waals surface area contributed by atoms with Crippen LogP contribution in [0, 0.1) is 0 Å². The van der Waals surface area contributed by atoms with Gasteiger partial charge < -0.3 is 25.1 Å². The Morgan fingerprint density at radius 2 is 1.97 bits per heavy atom. The number of pyridine rings is 1. The van der Waals surface area contributed by atoms with E-state index in [1.54, 1.807) is 18.2 Å². The van der Waals surface area contributed by atoms with Crippen molar-refractivity contribution in [1.29, 1.82) is 0 Å². The van der Waals surface area contributed by atoms with Gasteiger partial charge in [0.1, 0.15) is 5.52 Å². The molecule has 3 aromatic rings. The first-order chi connectivity index (χ1) is 14.8. The molecule has 0 aliphatic heterocycles. The number of rotatable bonds is 10. The van der Waals surface area contributed by atoms with Crippen LogP contribution in [0.3, 0.4) is 0 Å². The summed E-state index contributed by atoms with van der Waals surface area (Å²) in [6.07, 6.45) is -0.301. The Bertz CT molecular complexity index is 1190. The number of H-pyrrole nitrogens is 1. The SMILES string of the molecule is CCN(CC)CCCNS(=O)(=O)c1ccc2[nH]c3c(OC(N)=O)nc(OC)cc3c2c1. The van der Waals surface area contributed by atoms with Crippen LogP contribution in [0.4, 0.5) is 4.79 Å². The molecular formula is C20H27N5O5S. The van der Waals surface area contributed by atoms with Gasteiger partial charge in [-0.05, 0) is 44.3 Å². The summed E-state index contributed by atoms with van der Waals surface area (Å²) in [7, 11) is -2.26. The third-order valence-corrected chi connectivity index (χ3v) is 6.52. The Morgan fingerprint density at radius 1 is 1.23 bits per heavy atom. The van der Waals surface area contributed by atoms with Gasteiger partial charge in [-0.15, -0.1) is 0 Å². The van der Waals surface area contributed by atoms with E-state index in [1.807, 2.05) is 0 Å². The van der Waals surface area contributed by atoms with E-state index in [4.69, 9.17) is 15.2 Å². The zero-order valence-corrected chi connectivity index (χ0v) is 18.6. The van der Waals surface area contributed by atoms with E-state index < -0.39 is 16.1 Å². The van der Waals surface area contributed by atoms with E-state index in [1.165, 1.54) is 13.2 Å². The summed E-state index contributed by atoms with van der Waals surface area (Å²) in [4.78, 5) is 20.8. The molecule has 0 saturated carbocycles. The van der Waals surface area contributed by atoms with E-state index in [0.717, 1.165) is 19.6 Å². The van der Waals surface area contributed by atoms with E-state index in [9.17, 15) is 13.2 Å². The molecule has 0 fully saturated rings. The number of carbonyl (C=O) groups is 1. The summed E-state index contributed by atoms with van der Waals surface area (Å²) in [5.41, 5.74) is 6.20. The van der Waals surface area contributed by atoms with Crippen molar-refractivity contribution in [3.63, 3.8) is 0 Å². The van der Waals surface area contributed by atoms with Crippen molar-refractivity contribution >= 4 is 37.9 Å². The second-order valence-corrected chi connectivity index (χ2v) is 8.69. The molecular weight excluding hydrogens is 422 g/mol. The molecule has 0 saturated heterocycles. The van der Waals surface area contributed by atoms with E-state index >= 15 is 0 Å². The number of ether oxygens (including phenoxy) is 2. The zero-order valence-electron chi connectivity index (χ0n) is 17.8. The zero-order chi connectivity index (χ0) is 22.6. The fourth-order valence-electron chi connectivity index (χ4n) is 3.40. The van der Waals surface area contributed by atoms with Gasteiger partial charge in [-0.2, -0.15) is 4.98 Å². The average molecular weight is 450 g/mol. The van der Waals surface area contributed by atoms with Crippen LogP contribution in [-0.4, -0.2) is 62.7 Å². The number of fused-ring (bicyclic) bond motifs is 3. The first-order valence-corrected chi connectivity index (χ1v) is 11.5. The number of carbonyl (C=O) groups excluding carboxylic acids is 1. The predicted molar refractivity (Wildman–Crippen MR) is 118 cm³/mol. The molecule has 0 radical (unpaired) electrons. The van der Waals surface area contributed by atoms with Gasteiger partial charge in [0.2, 0.25) is 15.9 Å². The maximum Gasteiger partial charge on any atom is 0.411 e. The monoisotopic (exact) mass is 449 g/mol. The van der Waals surface area contributed by atoms with Gasteiger partial charge >= 0.3 is 6.09 Å². The Kier molecular flexibility index (Phi) is 6.98. The minimum Gasteiger partial charge on any atom is -0.481 e. The summed E-state index contributed by atoms with van der Waals surface area (Å²) in [6, 6.07) is 6.37. The molecule has 1 amide bonds. The molecule has 2 aromatic heterocycles. The molecule has 0 atom stereocenters.